The molecule has 3 rings (SSSR count). The van der Waals surface area contributed by atoms with Gasteiger partial charge in [0.05, 0.1) is 0 Å². The van der Waals surface area contributed by atoms with Crippen LogP contribution in [0.25, 0.3) is 0 Å². The van der Waals surface area contributed by atoms with E-state index in [9.17, 15) is 9.90 Å². The van der Waals surface area contributed by atoms with Crippen molar-refractivity contribution in [3.8, 4) is 0 Å². The molecule has 3 aromatic carbocycles. The molecule has 0 spiro atoms. The van der Waals surface area contributed by atoms with Crippen molar-refractivity contribution in [2.75, 3.05) is 0 Å². The van der Waals surface area contributed by atoms with Crippen molar-refractivity contribution in [3.05, 3.63) is 90.0 Å². The smallest absolute Gasteiger partial charge is 0.449 e. The van der Waals surface area contributed by atoms with Crippen LogP contribution in [0.5, 0.6) is 0 Å². The van der Waals surface area contributed by atoms with Crippen molar-refractivity contribution >= 4 is 16.5 Å². The molecule has 0 saturated carbocycles. The molecule has 0 fully saturated rings. The van der Waals surface area contributed by atoms with Gasteiger partial charge in [-0.05, 0) is 70.7 Å². The highest BCUT2D eigenvalue weighted by Crippen LogP contribution is 2.69. The van der Waals surface area contributed by atoms with Gasteiger partial charge in [-0.3, -0.25) is 0 Å². The Morgan fingerprint density at radius 2 is 1.15 bits per heavy atom. The summed E-state index contributed by atoms with van der Waals surface area (Å²) >= 11 is 0. The fourth-order valence-electron chi connectivity index (χ4n) is 3.11. The van der Waals surface area contributed by atoms with Crippen LogP contribution < -0.4 is 0 Å². The molecule has 1 N–H and O–H groups in total. The molecule has 27 heavy (non-hydrogen) atoms. The summed E-state index contributed by atoms with van der Waals surface area (Å²) in [4.78, 5) is 14.4. The molecule has 4 heteroatoms. The number of rotatable bonds is 6. The van der Waals surface area contributed by atoms with Crippen LogP contribution in [-0.4, -0.2) is 11.3 Å². The largest absolute Gasteiger partial charge is 0.517 e. The fourth-order valence-corrected chi connectivity index (χ4v) is 6.00. The summed E-state index contributed by atoms with van der Waals surface area (Å²) in [5, 5.41) is 9.63. The Balaban J connectivity index is 2.28. The molecule has 3 nitrogen and oxygen atoms in total. The van der Waals surface area contributed by atoms with Crippen molar-refractivity contribution in [1.82, 2.24) is 0 Å². The summed E-state index contributed by atoms with van der Waals surface area (Å²) in [5.74, 6) is 0. The summed E-state index contributed by atoms with van der Waals surface area (Å²) < 4.78 is 5.74. The summed E-state index contributed by atoms with van der Waals surface area (Å²) in [6.45, 7) is 4.20. The lowest BCUT2D eigenvalue weighted by molar-refractivity contribution is 0.150. The van der Waals surface area contributed by atoms with Crippen molar-refractivity contribution < 1.29 is 14.1 Å². The molecule has 0 unspecified atom stereocenters. The Morgan fingerprint density at radius 3 is 1.52 bits per heavy atom. The minimum absolute atomic E-state index is 0.862. The molecule has 0 aromatic heterocycles. The van der Waals surface area contributed by atoms with Crippen molar-refractivity contribution in [3.63, 3.8) is 0 Å². The van der Waals surface area contributed by atoms with Gasteiger partial charge >= 0.3 is 6.16 Å². The van der Waals surface area contributed by atoms with Gasteiger partial charge < -0.3 is 9.29 Å². The van der Waals surface area contributed by atoms with E-state index < -0.39 is 16.5 Å². The molecule has 140 valence electrons. The van der Waals surface area contributed by atoms with E-state index in [0.29, 0.717) is 0 Å². The van der Waals surface area contributed by atoms with Crippen LogP contribution in [-0.2, 0) is 17.0 Å². The van der Waals surface area contributed by atoms with Crippen molar-refractivity contribution in [1.29, 1.82) is 0 Å². The van der Waals surface area contributed by atoms with Crippen LogP contribution >= 0.6 is 10.3 Å². The highest BCUT2D eigenvalue weighted by molar-refractivity contribution is 8.30. The molecule has 0 radical (unpaired) electrons. The topological polar surface area (TPSA) is 46.5 Å². The van der Waals surface area contributed by atoms with Gasteiger partial charge in [0.25, 0.3) is 0 Å². The third-order valence-corrected chi connectivity index (χ3v) is 7.80. The highest BCUT2D eigenvalue weighted by atomic mass is 32.3. The Kier molecular flexibility index (Phi) is 5.87. The minimum atomic E-state index is -2.38. The molecule has 0 amide bonds. The Labute approximate surface area is 162 Å². The third kappa shape index (κ3) is 3.86. The number of benzene rings is 3. The van der Waals surface area contributed by atoms with Crippen LogP contribution in [0, 0.1) is 0 Å². The molecule has 0 aliphatic carbocycles. The number of carboxylic acid groups (broad SMARTS) is 1. The normalized spacial score (nSPS) is 11.8. The molecule has 0 atom stereocenters. The van der Waals surface area contributed by atoms with Crippen LogP contribution in [0.4, 0.5) is 4.79 Å². The predicted octanol–water partition coefficient (Wildman–Crippen LogP) is 6.70. The van der Waals surface area contributed by atoms with Gasteiger partial charge in [-0.15, -0.1) is 0 Å². The van der Waals surface area contributed by atoms with Gasteiger partial charge in [0.2, 0.25) is 0 Å². The second-order valence-electron chi connectivity index (χ2n) is 6.21. The van der Waals surface area contributed by atoms with E-state index in [1.165, 1.54) is 11.1 Å². The number of hydrogen-bond donors (Lipinski definition) is 1. The molecule has 3 aromatic rings. The molecular weight excluding hydrogens is 356 g/mol. The SMILES string of the molecule is CCc1ccc(S(OC(=O)O)(c2ccccc2)c2ccc(CC)cc2)cc1. The van der Waals surface area contributed by atoms with Gasteiger partial charge in [-0.25, -0.2) is 4.79 Å². The zero-order valence-corrected chi connectivity index (χ0v) is 16.4. The number of carbonyl (C=O) groups is 1. The van der Waals surface area contributed by atoms with E-state index in [1.54, 1.807) is 0 Å². The summed E-state index contributed by atoms with van der Waals surface area (Å²) in [5.41, 5.74) is 2.41. The van der Waals surface area contributed by atoms with Crippen LogP contribution in [0.3, 0.4) is 0 Å². The van der Waals surface area contributed by atoms with Gasteiger partial charge in [0.1, 0.15) is 0 Å². The Morgan fingerprint density at radius 1 is 0.741 bits per heavy atom. The van der Waals surface area contributed by atoms with Gasteiger partial charge in [0.15, 0.2) is 0 Å². The average Bonchev–Trinajstić information content (AvgIpc) is 2.73. The lowest BCUT2D eigenvalue weighted by Crippen LogP contribution is -2.12. The minimum Gasteiger partial charge on any atom is -0.449 e. The monoisotopic (exact) mass is 380 g/mol. The van der Waals surface area contributed by atoms with Crippen molar-refractivity contribution in [2.45, 2.75) is 41.4 Å². The molecule has 0 aliphatic heterocycles. The van der Waals surface area contributed by atoms with Gasteiger partial charge in [-0.2, -0.15) is 0 Å². The van der Waals surface area contributed by atoms with E-state index in [-0.39, 0.29) is 0 Å². The Bertz CT molecular complexity index is 840. The van der Waals surface area contributed by atoms with E-state index in [2.05, 4.69) is 13.8 Å². The first-order chi connectivity index (χ1) is 13.1. The summed E-state index contributed by atoms with van der Waals surface area (Å²) in [6, 6.07) is 25.8. The first kappa shape index (κ1) is 19.1. The maximum atomic E-state index is 11.8. The van der Waals surface area contributed by atoms with Gasteiger partial charge in [0, 0.05) is 14.7 Å². The first-order valence-electron chi connectivity index (χ1n) is 9.09. The fraction of sp³-hybridized carbons (Fsp3) is 0.174. The predicted molar refractivity (Wildman–Crippen MR) is 110 cm³/mol. The molecular formula is C23H24O3S. The van der Waals surface area contributed by atoms with Crippen LogP contribution in [0.15, 0.2) is 93.5 Å². The quantitative estimate of drug-likeness (QED) is 0.517. The molecule has 0 aliphatic rings. The van der Waals surface area contributed by atoms with Gasteiger partial charge in [-0.1, -0.05) is 56.3 Å². The third-order valence-electron chi connectivity index (χ3n) is 4.60. The van der Waals surface area contributed by atoms with E-state index in [4.69, 9.17) is 4.18 Å². The number of aryl methyl sites for hydroxylation is 2. The molecule has 0 heterocycles. The molecule has 0 saturated heterocycles. The van der Waals surface area contributed by atoms with E-state index in [0.717, 1.165) is 27.5 Å². The highest BCUT2D eigenvalue weighted by Gasteiger charge is 2.35. The Hall–Kier alpha value is -2.72. The lowest BCUT2D eigenvalue weighted by Gasteiger charge is -2.38. The molecule has 0 bridgehead atoms. The maximum absolute atomic E-state index is 11.8. The van der Waals surface area contributed by atoms with Crippen molar-refractivity contribution in [2.24, 2.45) is 0 Å². The zero-order valence-electron chi connectivity index (χ0n) is 15.6. The average molecular weight is 381 g/mol. The first-order valence-corrected chi connectivity index (χ1v) is 10.6. The maximum Gasteiger partial charge on any atom is 0.517 e. The van der Waals surface area contributed by atoms with Crippen LogP contribution in [0.2, 0.25) is 0 Å². The standard InChI is InChI=1S/C23H24O3S/c1-3-18-10-14-21(15-11-18)27(26-23(24)25,20-8-6-5-7-9-20)22-16-12-19(4-2)13-17-22/h5-17H,3-4H2,1-2H3,(H,24,25). The van der Waals surface area contributed by atoms with E-state index in [1.807, 2.05) is 78.9 Å². The van der Waals surface area contributed by atoms with Crippen LogP contribution in [0.1, 0.15) is 25.0 Å². The summed E-state index contributed by atoms with van der Waals surface area (Å²) in [6.07, 6.45) is 0.589. The number of hydrogen-bond acceptors (Lipinski definition) is 2. The second kappa shape index (κ2) is 8.31. The zero-order chi connectivity index (χ0) is 19.3. The summed E-state index contributed by atoms with van der Waals surface area (Å²) in [7, 11) is -2.38. The van der Waals surface area contributed by atoms with E-state index >= 15 is 0 Å². The lowest BCUT2D eigenvalue weighted by atomic mass is 10.2. The second-order valence-corrected chi connectivity index (χ2v) is 8.91.